The Labute approximate surface area is 160 Å². The second-order valence-electron chi connectivity index (χ2n) is 6.50. The van der Waals surface area contributed by atoms with Gasteiger partial charge in [-0.3, -0.25) is 18.9 Å². The van der Waals surface area contributed by atoms with Gasteiger partial charge in [0.05, 0.1) is 11.3 Å². The standard InChI is InChI=1S/C19H19N5O2S/c25-17-12-14(21-16-5-1-2-7-24(16)17)13-22-8-10-23(11-9-22)19(26)15-4-3-6-20-18(15)27/h1-7,12H,8-11,13H2,(H,20,27). The fourth-order valence-corrected chi connectivity index (χ4v) is 3.51. The van der Waals surface area contributed by atoms with E-state index in [0.717, 1.165) is 18.8 Å². The summed E-state index contributed by atoms with van der Waals surface area (Å²) in [4.78, 5) is 36.3. The summed E-state index contributed by atoms with van der Waals surface area (Å²) in [5, 5.41) is 0. The average molecular weight is 381 g/mol. The van der Waals surface area contributed by atoms with Gasteiger partial charge in [0, 0.05) is 51.2 Å². The maximum Gasteiger partial charge on any atom is 0.258 e. The van der Waals surface area contributed by atoms with Gasteiger partial charge < -0.3 is 9.88 Å². The molecule has 27 heavy (non-hydrogen) atoms. The lowest BCUT2D eigenvalue weighted by molar-refractivity contribution is 0.0626. The van der Waals surface area contributed by atoms with Gasteiger partial charge in [0.1, 0.15) is 10.3 Å². The molecule has 1 aliphatic heterocycles. The van der Waals surface area contributed by atoms with Gasteiger partial charge in [-0.25, -0.2) is 4.98 Å². The van der Waals surface area contributed by atoms with Gasteiger partial charge in [0.25, 0.3) is 11.5 Å². The van der Waals surface area contributed by atoms with Crippen molar-refractivity contribution in [3.8, 4) is 0 Å². The Morgan fingerprint density at radius 2 is 1.96 bits per heavy atom. The molecule has 4 heterocycles. The summed E-state index contributed by atoms with van der Waals surface area (Å²) in [5.41, 5.74) is 1.84. The molecule has 0 aliphatic carbocycles. The molecule has 7 nitrogen and oxygen atoms in total. The van der Waals surface area contributed by atoms with Gasteiger partial charge >= 0.3 is 0 Å². The van der Waals surface area contributed by atoms with E-state index in [4.69, 9.17) is 12.2 Å². The SMILES string of the molecule is O=C(c1ccc[nH]c1=S)N1CCN(Cc2cc(=O)n3ccccc3n2)CC1. The summed E-state index contributed by atoms with van der Waals surface area (Å²) in [6, 6.07) is 10.6. The van der Waals surface area contributed by atoms with Gasteiger partial charge in [-0.05, 0) is 24.3 Å². The highest BCUT2D eigenvalue weighted by atomic mass is 32.1. The van der Waals surface area contributed by atoms with Crippen molar-refractivity contribution in [2.45, 2.75) is 6.54 Å². The highest BCUT2D eigenvalue weighted by molar-refractivity contribution is 7.71. The van der Waals surface area contributed by atoms with E-state index >= 15 is 0 Å². The predicted octanol–water partition coefficient (Wildman–Crippen LogP) is 1.71. The molecule has 1 amide bonds. The van der Waals surface area contributed by atoms with Crippen LogP contribution in [-0.2, 0) is 6.54 Å². The quantitative estimate of drug-likeness (QED) is 0.699. The van der Waals surface area contributed by atoms with Crippen molar-refractivity contribution < 1.29 is 4.79 Å². The molecular weight excluding hydrogens is 362 g/mol. The van der Waals surface area contributed by atoms with Crippen LogP contribution in [0.15, 0.2) is 53.6 Å². The van der Waals surface area contributed by atoms with Crippen LogP contribution in [0.1, 0.15) is 16.1 Å². The van der Waals surface area contributed by atoms with Crippen molar-refractivity contribution in [3.63, 3.8) is 0 Å². The summed E-state index contributed by atoms with van der Waals surface area (Å²) in [7, 11) is 0. The van der Waals surface area contributed by atoms with Crippen LogP contribution >= 0.6 is 12.2 Å². The van der Waals surface area contributed by atoms with Crippen LogP contribution in [0.25, 0.3) is 5.65 Å². The summed E-state index contributed by atoms with van der Waals surface area (Å²) in [6.07, 6.45) is 3.43. The molecule has 1 N–H and O–H groups in total. The molecule has 1 aliphatic rings. The molecule has 8 heteroatoms. The smallest absolute Gasteiger partial charge is 0.258 e. The number of H-pyrrole nitrogens is 1. The van der Waals surface area contributed by atoms with Crippen LogP contribution < -0.4 is 5.56 Å². The summed E-state index contributed by atoms with van der Waals surface area (Å²) < 4.78 is 1.99. The maximum absolute atomic E-state index is 12.6. The molecule has 3 aromatic heterocycles. The fraction of sp³-hybridized carbons (Fsp3) is 0.263. The third-order valence-electron chi connectivity index (χ3n) is 4.72. The number of aromatic nitrogens is 3. The first-order chi connectivity index (χ1) is 13.1. The number of nitrogens with zero attached hydrogens (tertiary/aromatic N) is 4. The highest BCUT2D eigenvalue weighted by Gasteiger charge is 2.23. The molecule has 0 bridgehead atoms. The van der Waals surface area contributed by atoms with E-state index in [1.165, 1.54) is 4.40 Å². The molecule has 138 valence electrons. The number of hydrogen-bond acceptors (Lipinski definition) is 5. The van der Waals surface area contributed by atoms with E-state index in [1.807, 2.05) is 23.1 Å². The number of aromatic amines is 1. The van der Waals surface area contributed by atoms with Gasteiger partial charge in [-0.2, -0.15) is 0 Å². The van der Waals surface area contributed by atoms with Crippen LogP contribution in [0.5, 0.6) is 0 Å². The van der Waals surface area contributed by atoms with E-state index in [1.54, 1.807) is 30.6 Å². The van der Waals surface area contributed by atoms with Gasteiger partial charge in [-0.1, -0.05) is 18.3 Å². The van der Waals surface area contributed by atoms with Crippen molar-refractivity contribution in [2.75, 3.05) is 26.2 Å². The van der Waals surface area contributed by atoms with Crippen LogP contribution in [-0.4, -0.2) is 56.3 Å². The number of carbonyl (C=O) groups excluding carboxylic acids is 1. The third kappa shape index (κ3) is 3.67. The number of carbonyl (C=O) groups is 1. The molecule has 0 atom stereocenters. The van der Waals surface area contributed by atoms with E-state index in [-0.39, 0.29) is 11.5 Å². The summed E-state index contributed by atoms with van der Waals surface area (Å²) in [5.74, 6) is -0.0430. The van der Waals surface area contributed by atoms with Crippen molar-refractivity contribution in [1.82, 2.24) is 24.2 Å². The number of nitrogens with one attached hydrogen (secondary N) is 1. The van der Waals surface area contributed by atoms with Crippen molar-refractivity contribution >= 4 is 23.8 Å². The zero-order chi connectivity index (χ0) is 18.8. The molecular formula is C19H19N5O2S. The predicted molar refractivity (Wildman–Crippen MR) is 104 cm³/mol. The Morgan fingerprint density at radius 3 is 2.74 bits per heavy atom. The fourth-order valence-electron chi connectivity index (χ4n) is 3.28. The monoisotopic (exact) mass is 381 g/mol. The molecule has 0 unspecified atom stereocenters. The summed E-state index contributed by atoms with van der Waals surface area (Å²) >= 11 is 5.20. The Balaban J connectivity index is 1.43. The first kappa shape index (κ1) is 17.6. The van der Waals surface area contributed by atoms with Crippen LogP contribution in [0.2, 0.25) is 0 Å². The maximum atomic E-state index is 12.6. The third-order valence-corrected chi connectivity index (χ3v) is 5.06. The molecule has 0 saturated carbocycles. The van der Waals surface area contributed by atoms with E-state index in [0.29, 0.717) is 35.5 Å². The molecule has 0 spiro atoms. The number of hydrogen-bond donors (Lipinski definition) is 1. The van der Waals surface area contributed by atoms with E-state index < -0.39 is 0 Å². The Hall–Kier alpha value is -2.84. The Kier molecular flexibility index (Phi) is 4.83. The van der Waals surface area contributed by atoms with E-state index in [2.05, 4.69) is 14.9 Å². The molecule has 1 fully saturated rings. The van der Waals surface area contributed by atoms with Crippen LogP contribution in [0.3, 0.4) is 0 Å². The topological polar surface area (TPSA) is 73.7 Å². The Bertz CT molecular complexity index is 1100. The van der Waals surface area contributed by atoms with Crippen LogP contribution in [0, 0.1) is 4.64 Å². The summed E-state index contributed by atoms with van der Waals surface area (Å²) in [6.45, 7) is 3.29. The minimum Gasteiger partial charge on any atom is -0.352 e. The number of rotatable bonds is 3. The molecule has 4 rings (SSSR count). The van der Waals surface area contributed by atoms with Crippen LogP contribution in [0.4, 0.5) is 0 Å². The van der Waals surface area contributed by atoms with E-state index in [9.17, 15) is 9.59 Å². The second kappa shape index (κ2) is 7.42. The molecule has 0 radical (unpaired) electrons. The lowest BCUT2D eigenvalue weighted by Crippen LogP contribution is -2.48. The number of amides is 1. The van der Waals surface area contributed by atoms with Gasteiger partial charge in [-0.15, -0.1) is 0 Å². The number of piperazine rings is 1. The average Bonchev–Trinajstić information content (AvgIpc) is 2.68. The van der Waals surface area contributed by atoms with Gasteiger partial charge in [0.2, 0.25) is 0 Å². The van der Waals surface area contributed by atoms with Crippen molar-refractivity contribution in [3.05, 3.63) is 75.0 Å². The van der Waals surface area contributed by atoms with Gasteiger partial charge in [0.15, 0.2) is 0 Å². The molecule has 3 aromatic rings. The first-order valence-electron chi connectivity index (χ1n) is 8.78. The highest BCUT2D eigenvalue weighted by Crippen LogP contribution is 2.11. The first-order valence-corrected chi connectivity index (χ1v) is 9.19. The second-order valence-corrected chi connectivity index (χ2v) is 6.90. The van der Waals surface area contributed by atoms with Crippen molar-refractivity contribution in [1.29, 1.82) is 0 Å². The minimum absolute atomic E-state index is 0.0430. The van der Waals surface area contributed by atoms with Crippen molar-refractivity contribution in [2.24, 2.45) is 0 Å². The largest absolute Gasteiger partial charge is 0.352 e. The molecule has 1 saturated heterocycles. The lowest BCUT2D eigenvalue weighted by atomic mass is 10.2. The zero-order valence-electron chi connectivity index (χ0n) is 14.7. The number of pyridine rings is 2. The zero-order valence-corrected chi connectivity index (χ0v) is 15.5. The minimum atomic E-state index is -0.0808. The molecule has 0 aromatic carbocycles. The Morgan fingerprint density at radius 1 is 1.15 bits per heavy atom. The number of fused-ring (bicyclic) bond motifs is 1. The normalized spacial score (nSPS) is 15.2. The lowest BCUT2D eigenvalue weighted by Gasteiger charge is -2.34.